The molecule has 2 nitrogen and oxygen atoms in total. The lowest BCUT2D eigenvalue weighted by atomic mass is 10.1. The van der Waals surface area contributed by atoms with Crippen molar-refractivity contribution in [1.29, 1.82) is 0 Å². The van der Waals surface area contributed by atoms with Crippen LogP contribution in [0.25, 0.3) is 0 Å². The minimum absolute atomic E-state index is 0.364. The van der Waals surface area contributed by atoms with Gasteiger partial charge in [0.1, 0.15) is 0 Å². The molecule has 0 aliphatic heterocycles. The van der Waals surface area contributed by atoms with E-state index in [2.05, 4.69) is 0 Å². The van der Waals surface area contributed by atoms with E-state index in [9.17, 15) is 9.90 Å². The predicted octanol–water partition coefficient (Wildman–Crippen LogP) is 4.15. The second-order valence-corrected chi connectivity index (χ2v) is 5.26. The molecule has 92 valence electrons. The van der Waals surface area contributed by atoms with Gasteiger partial charge in [0.25, 0.3) is 0 Å². The van der Waals surface area contributed by atoms with Crippen molar-refractivity contribution in [2.45, 2.75) is 23.6 Å². The summed E-state index contributed by atoms with van der Waals surface area (Å²) in [5, 5.41) is 9.22. The lowest BCUT2D eigenvalue weighted by Gasteiger charge is -2.08. The molecule has 2 rings (SSSR count). The summed E-state index contributed by atoms with van der Waals surface area (Å²) in [5.74, 6) is -0.880. The van der Waals surface area contributed by atoms with Crippen LogP contribution in [0.3, 0.4) is 0 Å². The second kappa shape index (κ2) is 5.27. The van der Waals surface area contributed by atoms with E-state index in [1.54, 1.807) is 6.07 Å². The normalized spacial score (nSPS) is 10.3. The fourth-order valence-corrected chi connectivity index (χ4v) is 2.69. The molecule has 1 N–H and O–H groups in total. The first-order chi connectivity index (χ1) is 8.58. The lowest BCUT2D eigenvalue weighted by Crippen LogP contribution is -1.99. The molecular formula is C15H14O2S. The van der Waals surface area contributed by atoms with E-state index in [1.165, 1.54) is 11.8 Å². The third-order valence-corrected chi connectivity index (χ3v) is 3.93. The molecule has 0 radical (unpaired) electrons. The van der Waals surface area contributed by atoms with E-state index in [4.69, 9.17) is 0 Å². The van der Waals surface area contributed by atoms with Gasteiger partial charge in [-0.05, 0) is 37.6 Å². The molecule has 0 atom stereocenters. The summed E-state index contributed by atoms with van der Waals surface area (Å²) in [6.45, 7) is 3.92. The summed E-state index contributed by atoms with van der Waals surface area (Å²) in [4.78, 5) is 13.1. The Morgan fingerprint density at radius 1 is 1.06 bits per heavy atom. The standard InChI is InChI=1S/C15H14O2S/c1-10-7-8-14(12(9-10)15(16)17)18-13-6-4-3-5-11(13)2/h3-9H,1-2H3,(H,16,17). The van der Waals surface area contributed by atoms with Gasteiger partial charge >= 0.3 is 5.97 Å². The summed E-state index contributed by atoms with van der Waals surface area (Å²) in [6.07, 6.45) is 0. The van der Waals surface area contributed by atoms with Crippen LogP contribution >= 0.6 is 11.8 Å². The average molecular weight is 258 g/mol. The van der Waals surface area contributed by atoms with Crippen LogP contribution in [0.2, 0.25) is 0 Å². The predicted molar refractivity (Wildman–Crippen MR) is 73.4 cm³/mol. The molecule has 0 fully saturated rings. The highest BCUT2D eigenvalue weighted by Gasteiger charge is 2.12. The van der Waals surface area contributed by atoms with Crippen LogP contribution in [0, 0.1) is 13.8 Å². The Morgan fingerprint density at radius 3 is 2.44 bits per heavy atom. The van der Waals surface area contributed by atoms with Crippen molar-refractivity contribution >= 4 is 17.7 Å². The van der Waals surface area contributed by atoms with Crippen molar-refractivity contribution in [2.75, 3.05) is 0 Å². The van der Waals surface area contributed by atoms with Gasteiger partial charge in [-0.2, -0.15) is 0 Å². The van der Waals surface area contributed by atoms with Gasteiger partial charge in [0.05, 0.1) is 5.56 Å². The first-order valence-electron chi connectivity index (χ1n) is 5.65. The zero-order valence-electron chi connectivity index (χ0n) is 10.3. The number of hydrogen-bond donors (Lipinski definition) is 1. The number of aromatic carboxylic acids is 1. The molecule has 18 heavy (non-hydrogen) atoms. The maximum atomic E-state index is 11.2. The summed E-state index contributed by atoms with van der Waals surface area (Å²) < 4.78 is 0. The molecule has 0 bridgehead atoms. The highest BCUT2D eigenvalue weighted by Crippen LogP contribution is 2.32. The number of carboxylic acid groups (broad SMARTS) is 1. The van der Waals surface area contributed by atoms with Crippen LogP contribution in [0.4, 0.5) is 0 Å². The average Bonchev–Trinajstić information content (AvgIpc) is 2.34. The number of benzene rings is 2. The highest BCUT2D eigenvalue weighted by molar-refractivity contribution is 7.99. The van der Waals surface area contributed by atoms with Crippen molar-refractivity contribution in [3.05, 3.63) is 59.2 Å². The van der Waals surface area contributed by atoms with Crippen molar-refractivity contribution < 1.29 is 9.90 Å². The Morgan fingerprint density at radius 2 is 1.78 bits per heavy atom. The highest BCUT2D eigenvalue weighted by atomic mass is 32.2. The molecule has 0 amide bonds. The van der Waals surface area contributed by atoms with Gasteiger partial charge in [0.15, 0.2) is 0 Å². The molecule has 0 unspecified atom stereocenters. The monoisotopic (exact) mass is 258 g/mol. The van der Waals surface area contributed by atoms with Gasteiger partial charge < -0.3 is 5.11 Å². The van der Waals surface area contributed by atoms with Gasteiger partial charge in [-0.3, -0.25) is 0 Å². The quantitative estimate of drug-likeness (QED) is 0.898. The first-order valence-corrected chi connectivity index (χ1v) is 6.47. The van der Waals surface area contributed by atoms with E-state index < -0.39 is 5.97 Å². The van der Waals surface area contributed by atoms with E-state index in [-0.39, 0.29) is 0 Å². The summed E-state index contributed by atoms with van der Waals surface area (Å²) >= 11 is 1.50. The number of rotatable bonds is 3. The first kappa shape index (κ1) is 12.7. The van der Waals surface area contributed by atoms with Gasteiger partial charge in [-0.1, -0.05) is 41.6 Å². The summed E-state index contributed by atoms with van der Waals surface area (Å²) in [6, 6.07) is 13.5. The molecule has 2 aromatic rings. The number of carboxylic acids is 1. The van der Waals surface area contributed by atoms with Crippen molar-refractivity contribution in [3.63, 3.8) is 0 Å². The Bertz CT molecular complexity index is 591. The smallest absolute Gasteiger partial charge is 0.336 e. The summed E-state index contributed by atoms with van der Waals surface area (Å²) in [7, 11) is 0. The van der Waals surface area contributed by atoms with Crippen molar-refractivity contribution in [1.82, 2.24) is 0 Å². The molecule has 3 heteroatoms. The van der Waals surface area contributed by atoms with Gasteiger partial charge in [0, 0.05) is 9.79 Å². The molecule has 0 saturated heterocycles. The molecule has 0 heterocycles. The van der Waals surface area contributed by atoms with Gasteiger partial charge in [0.2, 0.25) is 0 Å². The SMILES string of the molecule is Cc1ccc(Sc2ccccc2C)c(C(=O)O)c1. The Hall–Kier alpha value is -1.74. The Labute approximate surface area is 111 Å². The van der Waals surface area contributed by atoms with E-state index in [0.29, 0.717) is 5.56 Å². The van der Waals surface area contributed by atoms with Gasteiger partial charge in [-0.25, -0.2) is 4.79 Å². The number of hydrogen-bond acceptors (Lipinski definition) is 2. The minimum atomic E-state index is -0.880. The van der Waals surface area contributed by atoms with Crippen molar-refractivity contribution in [3.8, 4) is 0 Å². The topological polar surface area (TPSA) is 37.3 Å². The zero-order valence-corrected chi connectivity index (χ0v) is 11.1. The molecule has 0 spiro atoms. The van der Waals surface area contributed by atoms with Gasteiger partial charge in [-0.15, -0.1) is 0 Å². The van der Waals surface area contributed by atoms with Crippen LogP contribution in [0.5, 0.6) is 0 Å². The maximum Gasteiger partial charge on any atom is 0.336 e. The Balaban J connectivity index is 2.41. The van der Waals surface area contributed by atoms with Crippen LogP contribution in [-0.2, 0) is 0 Å². The Kier molecular flexibility index (Phi) is 3.72. The second-order valence-electron chi connectivity index (χ2n) is 4.17. The fraction of sp³-hybridized carbons (Fsp3) is 0.133. The van der Waals surface area contributed by atoms with E-state index in [0.717, 1.165) is 20.9 Å². The number of aryl methyl sites for hydroxylation is 2. The van der Waals surface area contributed by atoms with Crippen molar-refractivity contribution in [2.24, 2.45) is 0 Å². The number of carbonyl (C=O) groups is 1. The van der Waals surface area contributed by atoms with E-state index in [1.807, 2.05) is 50.2 Å². The van der Waals surface area contributed by atoms with E-state index >= 15 is 0 Å². The molecule has 0 aliphatic rings. The molecule has 2 aromatic carbocycles. The largest absolute Gasteiger partial charge is 0.478 e. The molecule has 0 aromatic heterocycles. The third kappa shape index (κ3) is 2.74. The maximum absolute atomic E-state index is 11.2. The fourth-order valence-electron chi connectivity index (χ4n) is 1.69. The van der Waals surface area contributed by atoms with Crippen LogP contribution in [-0.4, -0.2) is 11.1 Å². The van der Waals surface area contributed by atoms with Crippen LogP contribution < -0.4 is 0 Å². The molecule has 0 saturated carbocycles. The lowest BCUT2D eigenvalue weighted by molar-refractivity contribution is 0.0693. The zero-order chi connectivity index (χ0) is 13.1. The third-order valence-electron chi connectivity index (χ3n) is 2.68. The molecular weight excluding hydrogens is 244 g/mol. The van der Waals surface area contributed by atoms with Crippen LogP contribution in [0.15, 0.2) is 52.3 Å². The minimum Gasteiger partial charge on any atom is -0.478 e. The summed E-state index contributed by atoms with van der Waals surface area (Å²) in [5.41, 5.74) is 2.48. The van der Waals surface area contributed by atoms with Crippen LogP contribution in [0.1, 0.15) is 21.5 Å². The molecule has 0 aliphatic carbocycles.